The third-order valence-corrected chi connectivity index (χ3v) is 7.00. The van der Waals surface area contributed by atoms with E-state index in [0.717, 1.165) is 31.5 Å². The van der Waals surface area contributed by atoms with Gasteiger partial charge in [0.2, 0.25) is 0 Å². The van der Waals surface area contributed by atoms with Crippen molar-refractivity contribution in [2.75, 3.05) is 26.2 Å². The highest BCUT2D eigenvalue weighted by atomic mass is 15.2. The summed E-state index contributed by atoms with van der Waals surface area (Å²) in [7, 11) is 0. The average molecular weight is 353 g/mol. The number of piperidine rings is 1. The molecule has 1 saturated carbocycles. The Morgan fingerprint density at radius 3 is 2.62 bits per heavy atom. The first-order chi connectivity index (χ1) is 12.8. The van der Waals surface area contributed by atoms with E-state index in [1.54, 1.807) is 0 Å². The van der Waals surface area contributed by atoms with Gasteiger partial charge in [0.25, 0.3) is 0 Å². The summed E-state index contributed by atoms with van der Waals surface area (Å²) in [6.45, 7) is 9.44. The van der Waals surface area contributed by atoms with Crippen molar-refractivity contribution >= 4 is 11.0 Å². The van der Waals surface area contributed by atoms with E-state index in [2.05, 4.69) is 39.5 Å². The molecule has 4 nitrogen and oxygen atoms in total. The van der Waals surface area contributed by atoms with Gasteiger partial charge >= 0.3 is 0 Å². The molecule has 3 aliphatic rings. The van der Waals surface area contributed by atoms with Crippen molar-refractivity contribution in [1.82, 2.24) is 19.4 Å². The lowest BCUT2D eigenvalue weighted by atomic mass is 9.91. The molecular formula is C22H32N4. The number of rotatable bonds is 3. The molecule has 1 saturated heterocycles. The van der Waals surface area contributed by atoms with Crippen molar-refractivity contribution in [2.45, 2.75) is 64.6 Å². The molecule has 4 heteroatoms. The van der Waals surface area contributed by atoms with Gasteiger partial charge in [0.1, 0.15) is 5.82 Å². The molecule has 3 heterocycles. The summed E-state index contributed by atoms with van der Waals surface area (Å²) in [5.74, 6) is 2.20. The fraction of sp³-hybridized carbons (Fsp3) is 0.682. The van der Waals surface area contributed by atoms with Gasteiger partial charge in [-0.25, -0.2) is 4.98 Å². The fourth-order valence-electron chi connectivity index (χ4n) is 4.94. The van der Waals surface area contributed by atoms with Gasteiger partial charge in [-0.15, -0.1) is 0 Å². The fourth-order valence-corrected chi connectivity index (χ4v) is 4.94. The number of imidazole rings is 1. The Kier molecular flexibility index (Phi) is 4.49. The Hall–Kier alpha value is -1.39. The minimum atomic E-state index is 0.852. The van der Waals surface area contributed by atoms with Gasteiger partial charge in [-0.3, -0.25) is 9.80 Å². The number of hydrogen-bond acceptors (Lipinski definition) is 3. The average Bonchev–Trinajstić information content (AvgIpc) is 2.82. The van der Waals surface area contributed by atoms with Gasteiger partial charge in [0.15, 0.2) is 0 Å². The van der Waals surface area contributed by atoms with Crippen molar-refractivity contribution in [2.24, 2.45) is 5.92 Å². The zero-order chi connectivity index (χ0) is 17.5. The molecule has 1 aromatic carbocycles. The molecule has 1 aliphatic carbocycles. The van der Waals surface area contributed by atoms with Crippen molar-refractivity contribution in [3.63, 3.8) is 0 Å². The maximum Gasteiger partial charge on any atom is 0.111 e. The van der Waals surface area contributed by atoms with Crippen molar-refractivity contribution in [3.8, 4) is 0 Å². The Bertz CT molecular complexity index is 768. The quantitative estimate of drug-likeness (QED) is 0.842. The highest BCUT2D eigenvalue weighted by molar-refractivity contribution is 5.77. The second kappa shape index (κ2) is 6.97. The molecule has 1 aromatic heterocycles. The molecule has 0 atom stereocenters. The van der Waals surface area contributed by atoms with Gasteiger partial charge in [-0.1, -0.05) is 19.4 Å². The monoisotopic (exact) mass is 352 g/mol. The number of aromatic nitrogens is 2. The molecule has 0 N–H and O–H groups in total. The van der Waals surface area contributed by atoms with E-state index in [9.17, 15) is 0 Å². The molecule has 5 rings (SSSR count). The van der Waals surface area contributed by atoms with E-state index in [1.165, 1.54) is 80.7 Å². The van der Waals surface area contributed by atoms with Crippen LogP contribution in [0.25, 0.3) is 11.0 Å². The van der Waals surface area contributed by atoms with Crippen LogP contribution in [0.4, 0.5) is 0 Å². The predicted octanol–water partition coefficient (Wildman–Crippen LogP) is 3.68. The molecule has 2 aliphatic heterocycles. The second-order valence-electron chi connectivity index (χ2n) is 8.83. The van der Waals surface area contributed by atoms with E-state index in [4.69, 9.17) is 4.98 Å². The SMILES string of the molecule is CC1CCN(Cc2ccc3c(c2)nc2n3CCN(C3CCC3)CC2)CC1. The summed E-state index contributed by atoms with van der Waals surface area (Å²) in [4.78, 5) is 10.3. The maximum absolute atomic E-state index is 5.03. The maximum atomic E-state index is 5.03. The third-order valence-electron chi connectivity index (χ3n) is 7.00. The summed E-state index contributed by atoms with van der Waals surface area (Å²) < 4.78 is 2.49. The molecule has 0 unspecified atom stereocenters. The summed E-state index contributed by atoms with van der Waals surface area (Å²) >= 11 is 0. The number of hydrogen-bond donors (Lipinski definition) is 0. The summed E-state index contributed by atoms with van der Waals surface area (Å²) in [6, 6.07) is 7.86. The predicted molar refractivity (Wildman–Crippen MR) is 106 cm³/mol. The minimum Gasteiger partial charge on any atom is -0.327 e. The Balaban J connectivity index is 1.32. The standard InChI is InChI=1S/C22H32N4/c1-17-7-10-24(11-8-17)16-18-5-6-21-20(15-18)23-22-9-12-25(13-14-26(21)22)19-3-2-4-19/h5-6,15,17,19H,2-4,7-14,16H2,1H3. The Morgan fingerprint density at radius 2 is 1.85 bits per heavy atom. The second-order valence-corrected chi connectivity index (χ2v) is 8.83. The molecule has 0 spiro atoms. The van der Waals surface area contributed by atoms with E-state index in [1.807, 2.05) is 0 Å². The first-order valence-electron chi connectivity index (χ1n) is 10.7. The number of likely N-dealkylation sites (tertiary alicyclic amines) is 1. The topological polar surface area (TPSA) is 24.3 Å². The van der Waals surface area contributed by atoms with Gasteiger partial charge in [-0.05, 0) is 62.4 Å². The molecule has 0 bridgehead atoms. The lowest BCUT2D eigenvalue weighted by Crippen LogP contribution is -2.41. The van der Waals surface area contributed by atoms with Crippen LogP contribution in [0.2, 0.25) is 0 Å². The zero-order valence-corrected chi connectivity index (χ0v) is 16.2. The smallest absolute Gasteiger partial charge is 0.111 e. The van der Waals surface area contributed by atoms with Crippen LogP contribution in [0, 0.1) is 5.92 Å². The van der Waals surface area contributed by atoms with E-state index in [-0.39, 0.29) is 0 Å². The van der Waals surface area contributed by atoms with Gasteiger partial charge in [-0.2, -0.15) is 0 Å². The number of benzene rings is 1. The van der Waals surface area contributed by atoms with Crippen LogP contribution in [-0.4, -0.2) is 51.6 Å². The molecule has 0 radical (unpaired) electrons. The van der Waals surface area contributed by atoms with Crippen LogP contribution >= 0.6 is 0 Å². The molecule has 0 amide bonds. The summed E-state index contributed by atoms with van der Waals surface area (Å²) in [5.41, 5.74) is 3.97. The first kappa shape index (κ1) is 16.8. The van der Waals surface area contributed by atoms with Crippen LogP contribution in [-0.2, 0) is 19.5 Å². The third kappa shape index (κ3) is 3.18. The molecule has 26 heavy (non-hydrogen) atoms. The van der Waals surface area contributed by atoms with Gasteiger partial charge < -0.3 is 4.57 Å². The Labute approximate surface area is 157 Å². The van der Waals surface area contributed by atoms with Gasteiger partial charge in [0.05, 0.1) is 11.0 Å². The normalized spacial score (nSPS) is 23.7. The van der Waals surface area contributed by atoms with Crippen LogP contribution < -0.4 is 0 Å². The van der Waals surface area contributed by atoms with Crippen molar-refractivity contribution in [3.05, 3.63) is 29.6 Å². The van der Waals surface area contributed by atoms with Crippen molar-refractivity contribution < 1.29 is 0 Å². The van der Waals surface area contributed by atoms with E-state index >= 15 is 0 Å². The van der Waals surface area contributed by atoms with E-state index in [0.29, 0.717) is 0 Å². The highest BCUT2D eigenvalue weighted by Gasteiger charge is 2.27. The molecule has 2 fully saturated rings. The van der Waals surface area contributed by atoms with E-state index < -0.39 is 0 Å². The van der Waals surface area contributed by atoms with Crippen LogP contribution in [0.5, 0.6) is 0 Å². The van der Waals surface area contributed by atoms with Crippen LogP contribution in [0.15, 0.2) is 18.2 Å². The number of fused-ring (bicyclic) bond motifs is 3. The molecule has 2 aromatic rings. The summed E-state index contributed by atoms with van der Waals surface area (Å²) in [6.07, 6.45) is 8.03. The molecule has 140 valence electrons. The van der Waals surface area contributed by atoms with Crippen molar-refractivity contribution in [1.29, 1.82) is 0 Å². The largest absolute Gasteiger partial charge is 0.327 e. The first-order valence-corrected chi connectivity index (χ1v) is 10.7. The summed E-state index contributed by atoms with van der Waals surface area (Å²) in [5, 5.41) is 0. The lowest BCUT2D eigenvalue weighted by molar-refractivity contribution is 0.130. The number of nitrogens with zero attached hydrogens (tertiary/aromatic N) is 4. The Morgan fingerprint density at radius 1 is 1.00 bits per heavy atom. The highest BCUT2D eigenvalue weighted by Crippen LogP contribution is 2.28. The van der Waals surface area contributed by atoms with Gasteiger partial charge in [0, 0.05) is 38.6 Å². The minimum absolute atomic E-state index is 0.852. The van der Waals surface area contributed by atoms with Crippen LogP contribution in [0.1, 0.15) is 50.4 Å². The van der Waals surface area contributed by atoms with Crippen LogP contribution in [0.3, 0.4) is 0 Å². The lowest BCUT2D eigenvalue weighted by Gasteiger charge is -2.36. The zero-order valence-electron chi connectivity index (χ0n) is 16.2. The molecular weight excluding hydrogens is 320 g/mol.